The van der Waals surface area contributed by atoms with Gasteiger partial charge < -0.3 is 4.90 Å². The quantitative estimate of drug-likeness (QED) is 0.741. The van der Waals surface area contributed by atoms with Crippen LogP contribution in [0.2, 0.25) is 0 Å². The number of likely N-dealkylation sites (tertiary alicyclic amines) is 1. The van der Waals surface area contributed by atoms with Gasteiger partial charge in [0.05, 0.1) is 23.8 Å². The molecule has 122 valence electrons. The molecule has 1 amide bonds. The molecule has 6 nitrogen and oxygen atoms in total. The van der Waals surface area contributed by atoms with Crippen molar-refractivity contribution in [3.05, 3.63) is 54.4 Å². The van der Waals surface area contributed by atoms with Gasteiger partial charge in [0, 0.05) is 19.2 Å². The van der Waals surface area contributed by atoms with Gasteiger partial charge in [0.25, 0.3) is 0 Å². The van der Waals surface area contributed by atoms with Crippen LogP contribution in [0.3, 0.4) is 0 Å². The normalized spacial score (nSPS) is 17.5. The number of pyridine rings is 1. The monoisotopic (exact) mass is 321 g/mol. The number of aryl methyl sites for hydroxylation is 1. The van der Waals surface area contributed by atoms with E-state index in [0.717, 1.165) is 36.1 Å². The second kappa shape index (κ2) is 6.39. The summed E-state index contributed by atoms with van der Waals surface area (Å²) in [6.45, 7) is 1.35. The lowest BCUT2D eigenvalue weighted by Gasteiger charge is -2.24. The van der Waals surface area contributed by atoms with Gasteiger partial charge in [-0.3, -0.25) is 9.78 Å². The second-order valence-corrected chi connectivity index (χ2v) is 6.05. The fraction of sp³-hybridized carbons (Fsp3) is 0.333. The summed E-state index contributed by atoms with van der Waals surface area (Å²) in [5.74, 6) is 0.155. The molecular weight excluding hydrogens is 302 g/mol. The highest BCUT2D eigenvalue weighted by Gasteiger charge is 2.30. The first-order valence-corrected chi connectivity index (χ1v) is 8.31. The highest BCUT2D eigenvalue weighted by atomic mass is 16.2. The average Bonchev–Trinajstić information content (AvgIpc) is 3.28. The van der Waals surface area contributed by atoms with Gasteiger partial charge in [-0.15, -0.1) is 5.10 Å². The van der Waals surface area contributed by atoms with Crippen molar-refractivity contribution in [2.24, 2.45) is 0 Å². The number of nitrogens with zero attached hydrogens (tertiary/aromatic N) is 5. The van der Waals surface area contributed by atoms with Crippen molar-refractivity contribution in [3.63, 3.8) is 0 Å². The summed E-state index contributed by atoms with van der Waals surface area (Å²) in [6.07, 6.45) is 4.22. The predicted molar refractivity (Wildman–Crippen MR) is 90.1 cm³/mol. The topological polar surface area (TPSA) is 63.9 Å². The summed E-state index contributed by atoms with van der Waals surface area (Å²) < 4.78 is 1.80. The summed E-state index contributed by atoms with van der Waals surface area (Å²) in [6, 6.07) is 13.8. The number of benzene rings is 1. The Kier molecular flexibility index (Phi) is 3.94. The Morgan fingerprint density at radius 3 is 2.92 bits per heavy atom. The number of rotatable bonds is 4. The molecule has 24 heavy (non-hydrogen) atoms. The van der Waals surface area contributed by atoms with Gasteiger partial charge in [-0.2, -0.15) is 0 Å². The zero-order chi connectivity index (χ0) is 16.4. The minimum absolute atomic E-state index is 0.103. The van der Waals surface area contributed by atoms with E-state index in [2.05, 4.69) is 15.3 Å². The van der Waals surface area contributed by atoms with Crippen LogP contribution in [0.15, 0.2) is 48.7 Å². The Morgan fingerprint density at radius 2 is 2.04 bits per heavy atom. The average molecular weight is 321 g/mol. The third-order valence-corrected chi connectivity index (χ3v) is 4.56. The van der Waals surface area contributed by atoms with Crippen molar-refractivity contribution in [2.75, 3.05) is 6.54 Å². The first-order valence-electron chi connectivity index (χ1n) is 8.31. The van der Waals surface area contributed by atoms with E-state index in [0.29, 0.717) is 13.0 Å². The van der Waals surface area contributed by atoms with E-state index in [-0.39, 0.29) is 11.9 Å². The van der Waals surface area contributed by atoms with Crippen LogP contribution < -0.4 is 0 Å². The summed E-state index contributed by atoms with van der Waals surface area (Å²) in [7, 11) is 0. The van der Waals surface area contributed by atoms with Gasteiger partial charge in [0.2, 0.25) is 5.91 Å². The molecule has 1 atom stereocenters. The standard InChI is InChI=1S/C18H19N5O/c24-18(10-13-23-17-8-2-1-7-15(17)20-21-23)22-12-5-9-16(22)14-6-3-4-11-19-14/h1-4,6-8,11,16H,5,9-10,12-13H2/t16-/m0/s1. The zero-order valence-corrected chi connectivity index (χ0v) is 13.4. The molecule has 3 heterocycles. The van der Waals surface area contributed by atoms with Crippen molar-refractivity contribution in [1.82, 2.24) is 24.9 Å². The van der Waals surface area contributed by atoms with Crippen molar-refractivity contribution < 1.29 is 4.79 Å². The molecule has 0 unspecified atom stereocenters. The first kappa shape index (κ1) is 14.8. The fourth-order valence-corrected chi connectivity index (χ4v) is 3.37. The summed E-state index contributed by atoms with van der Waals surface area (Å²) in [4.78, 5) is 19.1. The highest BCUT2D eigenvalue weighted by Crippen LogP contribution is 2.31. The highest BCUT2D eigenvalue weighted by molar-refractivity contribution is 5.77. The van der Waals surface area contributed by atoms with E-state index in [4.69, 9.17) is 0 Å². The molecule has 1 saturated heterocycles. The lowest BCUT2D eigenvalue weighted by Crippen LogP contribution is -2.31. The minimum atomic E-state index is 0.103. The van der Waals surface area contributed by atoms with Crippen LogP contribution in [0.5, 0.6) is 0 Å². The van der Waals surface area contributed by atoms with Crippen LogP contribution in [0, 0.1) is 0 Å². The Balaban J connectivity index is 1.46. The number of hydrogen-bond donors (Lipinski definition) is 0. The van der Waals surface area contributed by atoms with Crippen LogP contribution in [0.4, 0.5) is 0 Å². The molecule has 1 fully saturated rings. The van der Waals surface area contributed by atoms with Crippen LogP contribution >= 0.6 is 0 Å². The summed E-state index contributed by atoms with van der Waals surface area (Å²) >= 11 is 0. The van der Waals surface area contributed by atoms with Crippen LogP contribution in [-0.2, 0) is 11.3 Å². The molecule has 1 aliphatic rings. The van der Waals surface area contributed by atoms with E-state index < -0.39 is 0 Å². The van der Waals surface area contributed by atoms with Gasteiger partial charge in [-0.05, 0) is 37.1 Å². The van der Waals surface area contributed by atoms with E-state index in [1.807, 2.05) is 47.4 Å². The Labute approximate surface area is 140 Å². The molecule has 0 spiro atoms. The Morgan fingerprint density at radius 1 is 1.17 bits per heavy atom. The van der Waals surface area contributed by atoms with Gasteiger partial charge in [0.15, 0.2) is 0 Å². The van der Waals surface area contributed by atoms with Crippen LogP contribution in [-0.4, -0.2) is 37.3 Å². The third kappa shape index (κ3) is 2.75. The third-order valence-electron chi connectivity index (χ3n) is 4.56. The molecule has 0 bridgehead atoms. The molecule has 3 aromatic rings. The molecule has 1 aromatic carbocycles. The molecule has 0 radical (unpaired) electrons. The van der Waals surface area contributed by atoms with Crippen molar-refractivity contribution in [1.29, 1.82) is 0 Å². The maximum absolute atomic E-state index is 12.7. The van der Waals surface area contributed by atoms with E-state index in [1.54, 1.807) is 10.9 Å². The van der Waals surface area contributed by atoms with E-state index in [1.165, 1.54) is 0 Å². The van der Waals surface area contributed by atoms with E-state index in [9.17, 15) is 4.79 Å². The van der Waals surface area contributed by atoms with Gasteiger partial charge in [0.1, 0.15) is 5.52 Å². The maximum Gasteiger partial charge on any atom is 0.225 e. The first-order chi connectivity index (χ1) is 11.8. The van der Waals surface area contributed by atoms with Crippen molar-refractivity contribution in [3.8, 4) is 0 Å². The molecular formula is C18H19N5O. The second-order valence-electron chi connectivity index (χ2n) is 6.05. The van der Waals surface area contributed by atoms with Gasteiger partial charge in [-0.25, -0.2) is 4.68 Å². The number of fused-ring (bicyclic) bond motifs is 1. The number of para-hydroxylation sites is 1. The molecule has 4 rings (SSSR count). The lowest BCUT2D eigenvalue weighted by atomic mass is 10.1. The number of carbonyl (C=O) groups excluding carboxylic acids is 1. The molecule has 2 aromatic heterocycles. The van der Waals surface area contributed by atoms with Crippen LogP contribution in [0.25, 0.3) is 11.0 Å². The fourth-order valence-electron chi connectivity index (χ4n) is 3.37. The van der Waals surface area contributed by atoms with Crippen molar-refractivity contribution >= 4 is 16.9 Å². The SMILES string of the molecule is O=C(CCn1nnc2ccccc21)N1CCC[C@H]1c1ccccn1. The number of amides is 1. The predicted octanol–water partition coefficient (Wildman–Crippen LogP) is 2.58. The molecule has 0 saturated carbocycles. The number of aromatic nitrogens is 4. The Hall–Kier alpha value is -2.76. The largest absolute Gasteiger partial charge is 0.334 e. The lowest BCUT2D eigenvalue weighted by molar-refractivity contribution is -0.132. The summed E-state index contributed by atoms with van der Waals surface area (Å²) in [5.41, 5.74) is 2.81. The molecule has 0 aliphatic carbocycles. The smallest absolute Gasteiger partial charge is 0.225 e. The number of hydrogen-bond acceptors (Lipinski definition) is 4. The van der Waals surface area contributed by atoms with Crippen molar-refractivity contribution in [2.45, 2.75) is 31.8 Å². The zero-order valence-electron chi connectivity index (χ0n) is 13.4. The molecule has 6 heteroatoms. The Bertz CT molecular complexity index is 845. The number of carbonyl (C=O) groups is 1. The summed E-state index contributed by atoms with van der Waals surface area (Å²) in [5, 5.41) is 8.29. The minimum Gasteiger partial charge on any atom is -0.334 e. The maximum atomic E-state index is 12.7. The van der Waals surface area contributed by atoms with E-state index >= 15 is 0 Å². The van der Waals surface area contributed by atoms with Gasteiger partial charge in [-0.1, -0.05) is 23.4 Å². The van der Waals surface area contributed by atoms with Gasteiger partial charge >= 0.3 is 0 Å². The molecule has 0 N–H and O–H groups in total. The van der Waals surface area contributed by atoms with Crippen LogP contribution in [0.1, 0.15) is 31.0 Å². The molecule has 1 aliphatic heterocycles.